The molecule has 1 heterocycles. The van der Waals surface area contributed by atoms with Gasteiger partial charge in [0.1, 0.15) is 5.69 Å². The number of rotatable bonds is 4. The summed E-state index contributed by atoms with van der Waals surface area (Å²) in [5.74, 6) is 0.661. The molecule has 1 aromatic carbocycles. The largest absolute Gasteiger partial charge is 0.367 e. The summed E-state index contributed by atoms with van der Waals surface area (Å²) in [6, 6.07) is 4.69. The summed E-state index contributed by atoms with van der Waals surface area (Å²) in [5, 5.41) is 14.9. The highest BCUT2D eigenvalue weighted by molar-refractivity contribution is 5.72. The monoisotopic (exact) mass is 275 g/mol. The predicted molar refractivity (Wildman–Crippen MR) is 76.3 cm³/mol. The number of nitro groups is 1. The van der Waals surface area contributed by atoms with Crippen molar-refractivity contribution in [1.29, 1.82) is 0 Å². The van der Waals surface area contributed by atoms with Crippen LogP contribution in [-0.2, 0) is 6.42 Å². The molecule has 0 unspecified atom stereocenters. The van der Waals surface area contributed by atoms with Gasteiger partial charge in [-0.2, -0.15) is 0 Å². The van der Waals surface area contributed by atoms with Gasteiger partial charge in [-0.3, -0.25) is 10.1 Å². The van der Waals surface area contributed by atoms with E-state index in [1.54, 1.807) is 6.07 Å². The molecule has 0 spiro atoms. The van der Waals surface area contributed by atoms with E-state index in [0.29, 0.717) is 23.6 Å². The molecule has 0 radical (unpaired) electrons. The van der Waals surface area contributed by atoms with Gasteiger partial charge >= 0.3 is 0 Å². The summed E-state index contributed by atoms with van der Waals surface area (Å²) in [6.07, 6.45) is 0.715. The van der Waals surface area contributed by atoms with Crippen molar-refractivity contribution in [2.75, 3.05) is 5.73 Å². The molecule has 0 aliphatic heterocycles. The third-order valence-corrected chi connectivity index (χ3v) is 3.12. The summed E-state index contributed by atoms with van der Waals surface area (Å²) in [4.78, 5) is 10.5. The first-order chi connectivity index (χ1) is 9.40. The maximum absolute atomic E-state index is 10.9. The Hall–Kier alpha value is -2.37. The van der Waals surface area contributed by atoms with Gasteiger partial charge in [-0.05, 0) is 24.8 Å². The van der Waals surface area contributed by atoms with Crippen LogP contribution < -0.4 is 5.73 Å². The molecule has 106 valence electrons. The number of non-ortho nitro benzene ring substituents is 1. The third-order valence-electron chi connectivity index (χ3n) is 3.12. The van der Waals surface area contributed by atoms with Crippen molar-refractivity contribution < 1.29 is 9.45 Å². The molecule has 0 aliphatic rings. The fraction of sp³-hybridized carbons (Fsp3) is 0.357. The molecule has 6 heteroatoms. The van der Waals surface area contributed by atoms with Crippen LogP contribution in [-0.4, -0.2) is 10.1 Å². The zero-order valence-corrected chi connectivity index (χ0v) is 11.7. The van der Waals surface area contributed by atoms with Gasteiger partial charge < -0.3 is 10.3 Å². The van der Waals surface area contributed by atoms with Crippen LogP contribution in [0.3, 0.4) is 0 Å². The van der Waals surface area contributed by atoms with E-state index in [-0.39, 0.29) is 11.6 Å². The second-order valence-corrected chi connectivity index (χ2v) is 5.23. The number of nitrogens with zero attached hydrogens (tertiary/aromatic N) is 2. The number of aromatic nitrogens is 1. The Bertz CT molecular complexity index is 647. The van der Waals surface area contributed by atoms with Crippen LogP contribution in [0.15, 0.2) is 22.7 Å². The van der Waals surface area contributed by atoms with Gasteiger partial charge in [-0.1, -0.05) is 25.1 Å². The first-order valence-electron chi connectivity index (χ1n) is 6.39. The fourth-order valence-electron chi connectivity index (χ4n) is 2.12. The smallest absolute Gasteiger partial charge is 0.270 e. The highest BCUT2D eigenvalue weighted by Gasteiger charge is 2.20. The molecule has 1 aromatic heterocycles. The molecule has 0 bridgehead atoms. The summed E-state index contributed by atoms with van der Waals surface area (Å²) < 4.78 is 5.06. The van der Waals surface area contributed by atoms with Gasteiger partial charge in [0.25, 0.3) is 5.69 Å². The normalized spacial score (nSPS) is 11.0. The lowest BCUT2D eigenvalue weighted by atomic mass is 9.96. The molecule has 0 atom stereocenters. The van der Waals surface area contributed by atoms with Gasteiger partial charge in [0, 0.05) is 23.3 Å². The first-order valence-corrected chi connectivity index (χ1v) is 6.39. The highest BCUT2D eigenvalue weighted by atomic mass is 16.6. The van der Waals surface area contributed by atoms with Crippen LogP contribution >= 0.6 is 0 Å². The summed E-state index contributed by atoms with van der Waals surface area (Å²) in [7, 11) is 0. The Labute approximate surface area is 116 Å². The maximum atomic E-state index is 10.9. The lowest BCUT2D eigenvalue weighted by Gasteiger charge is -2.07. The number of nitrogen functional groups attached to an aromatic ring is 1. The lowest BCUT2D eigenvalue weighted by Crippen LogP contribution is -1.99. The van der Waals surface area contributed by atoms with E-state index in [4.69, 9.17) is 10.3 Å². The summed E-state index contributed by atoms with van der Waals surface area (Å²) in [5.41, 5.74) is 8.83. The Balaban J connectivity index is 2.56. The number of nitrogens with two attached hydrogens (primary N) is 1. The summed E-state index contributed by atoms with van der Waals surface area (Å²) >= 11 is 0. The minimum atomic E-state index is -0.422. The van der Waals surface area contributed by atoms with Crippen molar-refractivity contribution in [3.8, 4) is 11.3 Å². The average molecular weight is 275 g/mol. The Kier molecular flexibility index (Phi) is 3.74. The van der Waals surface area contributed by atoms with E-state index in [1.807, 2.05) is 6.92 Å². The number of benzene rings is 1. The molecule has 0 amide bonds. The summed E-state index contributed by atoms with van der Waals surface area (Å²) in [6.45, 7) is 6.01. The van der Waals surface area contributed by atoms with Crippen molar-refractivity contribution in [1.82, 2.24) is 5.16 Å². The predicted octanol–water partition coefficient (Wildman–Crippen LogP) is 3.34. The van der Waals surface area contributed by atoms with E-state index in [9.17, 15) is 10.1 Å². The number of aryl methyl sites for hydroxylation is 1. The van der Waals surface area contributed by atoms with E-state index < -0.39 is 4.92 Å². The van der Waals surface area contributed by atoms with E-state index >= 15 is 0 Å². The molecule has 2 N–H and O–H groups in total. The van der Waals surface area contributed by atoms with Gasteiger partial charge in [0.2, 0.25) is 5.88 Å². The van der Waals surface area contributed by atoms with Crippen molar-refractivity contribution in [2.24, 2.45) is 5.92 Å². The Morgan fingerprint density at radius 2 is 2.15 bits per heavy atom. The van der Waals surface area contributed by atoms with Crippen LogP contribution in [0, 0.1) is 23.0 Å². The van der Waals surface area contributed by atoms with Crippen molar-refractivity contribution in [2.45, 2.75) is 27.2 Å². The minimum absolute atomic E-state index is 0.0302. The van der Waals surface area contributed by atoms with Crippen LogP contribution in [0.4, 0.5) is 11.6 Å². The second kappa shape index (κ2) is 5.32. The number of hydrogen-bond acceptors (Lipinski definition) is 5. The van der Waals surface area contributed by atoms with Crippen LogP contribution in [0.5, 0.6) is 0 Å². The Morgan fingerprint density at radius 3 is 2.75 bits per heavy atom. The molecule has 0 saturated heterocycles. The minimum Gasteiger partial charge on any atom is -0.367 e. The molecule has 0 fully saturated rings. The van der Waals surface area contributed by atoms with E-state index in [0.717, 1.165) is 11.1 Å². The van der Waals surface area contributed by atoms with Gasteiger partial charge in [0.05, 0.1) is 4.92 Å². The molecule has 0 saturated carbocycles. The van der Waals surface area contributed by atoms with Gasteiger partial charge in [-0.25, -0.2) is 0 Å². The van der Waals surface area contributed by atoms with E-state index in [2.05, 4.69) is 19.0 Å². The number of anilines is 1. The quantitative estimate of drug-likeness (QED) is 0.682. The average Bonchev–Trinajstić information content (AvgIpc) is 2.71. The maximum Gasteiger partial charge on any atom is 0.270 e. The third kappa shape index (κ3) is 2.64. The van der Waals surface area contributed by atoms with Gasteiger partial charge in [-0.15, -0.1) is 0 Å². The SMILES string of the molecule is Cc1ccc([N+](=O)[O-])cc1-c1noc(N)c1CC(C)C. The van der Waals surface area contributed by atoms with Crippen LogP contribution in [0.25, 0.3) is 11.3 Å². The zero-order valence-electron chi connectivity index (χ0n) is 11.7. The molecular weight excluding hydrogens is 258 g/mol. The molecule has 2 aromatic rings. The van der Waals surface area contributed by atoms with Gasteiger partial charge in [0.15, 0.2) is 0 Å². The van der Waals surface area contributed by atoms with Crippen molar-refractivity contribution in [3.05, 3.63) is 39.4 Å². The molecule has 2 rings (SSSR count). The molecule has 6 nitrogen and oxygen atoms in total. The number of nitro benzene ring substituents is 1. The Morgan fingerprint density at radius 1 is 1.45 bits per heavy atom. The standard InChI is InChI=1S/C14H17N3O3/c1-8(2)6-12-13(16-20-14(12)15)11-7-10(17(18)19)5-4-9(11)3/h4-5,7-8H,6,15H2,1-3H3. The number of hydrogen-bond donors (Lipinski definition) is 1. The van der Waals surface area contributed by atoms with Crippen molar-refractivity contribution >= 4 is 11.6 Å². The highest BCUT2D eigenvalue weighted by Crippen LogP contribution is 2.33. The molecule has 0 aliphatic carbocycles. The molecular formula is C14H17N3O3. The first kappa shape index (κ1) is 14.0. The molecule has 20 heavy (non-hydrogen) atoms. The fourth-order valence-corrected chi connectivity index (χ4v) is 2.12. The van der Waals surface area contributed by atoms with Crippen LogP contribution in [0.2, 0.25) is 0 Å². The van der Waals surface area contributed by atoms with Crippen molar-refractivity contribution in [3.63, 3.8) is 0 Å². The van der Waals surface area contributed by atoms with E-state index in [1.165, 1.54) is 12.1 Å². The van der Waals surface area contributed by atoms with Crippen LogP contribution in [0.1, 0.15) is 25.0 Å². The topological polar surface area (TPSA) is 95.2 Å². The lowest BCUT2D eigenvalue weighted by molar-refractivity contribution is -0.384. The zero-order chi connectivity index (χ0) is 14.9. The second-order valence-electron chi connectivity index (χ2n) is 5.23.